The number of aryl methyl sites for hydroxylation is 1. The SMILES string of the molecule is Cl.Cn1nc(C2CCNCC2)nc1NC(=O)CCCOc1ccc(C(C)(C)C)cc1. The Morgan fingerprint density at radius 3 is 2.53 bits per heavy atom. The summed E-state index contributed by atoms with van der Waals surface area (Å²) in [6.07, 6.45) is 3.10. The van der Waals surface area contributed by atoms with Crippen LogP contribution in [0.2, 0.25) is 0 Å². The summed E-state index contributed by atoms with van der Waals surface area (Å²) in [7, 11) is 1.82. The van der Waals surface area contributed by atoms with E-state index in [2.05, 4.69) is 53.6 Å². The highest BCUT2D eigenvalue weighted by Gasteiger charge is 2.21. The van der Waals surface area contributed by atoms with Gasteiger partial charge in [-0.2, -0.15) is 10.1 Å². The van der Waals surface area contributed by atoms with Gasteiger partial charge in [-0.3, -0.25) is 10.1 Å². The van der Waals surface area contributed by atoms with E-state index in [0.717, 1.165) is 37.5 Å². The predicted molar refractivity (Wildman–Crippen MR) is 122 cm³/mol. The van der Waals surface area contributed by atoms with E-state index >= 15 is 0 Å². The third-order valence-electron chi connectivity index (χ3n) is 5.27. The van der Waals surface area contributed by atoms with Gasteiger partial charge in [-0.15, -0.1) is 12.4 Å². The number of amides is 1. The number of halogens is 1. The van der Waals surface area contributed by atoms with Crippen LogP contribution in [0.25, 0.3) is 0 Å². The number of carbonyl (C=O) groups is 1. The smallest absolute Gasteiger partial charge is 0.227 e. The number of carbonyl (C=O) groups excluding carboxylic acids is 1. The van der Waals surface area contributed by atoms with E-state index in [1.54, 1.807) is 4.68 Å². The Morgan fingerprint density at radius 1 is 1.23 bits per heavy atom. The molecule has 0 unspecified atom stereocenters. The van der Waals surface area contributed by atoms with Gasteiger partial charge in [0.05, 0.1) is 6.61 Å². The number of ether oxygens (including phenoxy) is 1. The van der Waals surface area contributed by atoms with E-state index in [4.69, 9.17) is 4.74 Å². The monoisotopic (exact) mass is 435 g/mol. The number of piperidine rings is 1. The summed E-state index contributed by atoms with van der Waals surface area (Å²) in [5.41, 5.74) is 1.40. The van der Waals surface area contributed by atoms with Gasteiger partial charge < -0.3 is 10.1 Å². The first-order valence-electron chi connectivity index (χ1n) is 10.5. The number of hydrogen-bond acceptors (Lipinski definition) is 5. The van der Waals surface area contributed by atoms with Crippen LogP contribution in [0.3, 0.4) is 0 Å². The Hall–Kier alpha value is -2.12. The van der Waals surface area contributed by atoms with Crippen LogP contribution in [0.5, 0.6) is 5.75 Å². The van der Waals surface area contributed by atoms with Crippen LogP contribution in [0, 0.1) is 0 Å². The number of nitrogens with zero attached hydrogens (tertiary/aromatic N) is 3. The van der Waals surface area contributed by atoms with Crippen molar-refractivity contribution in [1.29, 1.82) is 0 Å². The first kappa shape index (κ1) is 24.2. The zero-order chi connectivity index (χ0) is 20.9. The normalized spacial score (nSPS) is 14.8. The number of hydrogen-bond donors (Lipinski definition) is 2. The average Bonchev–Trinajstić information content (AvgIpc) is 3.06. The summed E-state index contributed by atoms with van der Waals surface area (Å²) in [6.45, 7) is 9.05. The van der Waals surface area contributed by atoms with Crippen LogP contribution < -0.4 is 15.4 Å². The molecule has 0 atom stereocenters. The minimum atomic E-state index is -0.0657. The number of nitrogens with one attached hydrogen (secondary N) is 2. The molecule has 1 aliphatic rings. The summed E-state index contributed by atoms with van der Waals surface area (Å²) in [6, 6.07) is 8.16. The van der Waals surface area contributed by atoms with Gasteiger partial charge in [0.25, 0.3) is 0 Å². The fraction of sp³-hybridized carbons (Fsp3) is 0.591. The highest BCUT2D eigenvalue weighted by molar-refractivity contribution is 5.88. The summed E-state index contributed by atoms with van der Waals surface area (Å²) in [4.78, 5) is 16.8. The highest BCUT2D eigenvalue weighted by Crippen LogP contribution is 2.25. The molecule has 0 radical (unpaired) electrons. The maximum Gasteiger partial charge on any atom is 0.227 e. The molecule has 8 heteroatoms. The van der Waals surface area contributed by atoms with Crippen LogP contribution >= 0.6 is 12.4 Å². The van der Waals surface area contributed by atoms with Crippen molar-refractivity contribution in [2.24, 2.45) is 7.05 Å². The quantitative estimate of drug-likeness (QED) is 0.646. The lowest BCUT2D eigenvalue weighted by molar-refractivity contribution is -0.116. The Balaban J connectivity index is 0.00000320. The van der Waals surface area contributed by atoms with Crippen molar-refractivity contribution < 1.29 is 9.53 Å². The molecule has 1 fully saturated rings. The second kappa shape index (κ2) is 10.8. The molecule has 3 rings (SSSR count). The van der Waals surface area contributed by atoms with Crippen molar-refractivity contribution >= 4 is 24.3 Å². The second-order valence-electron chi connectivity index (χ2n) is 8.72. The fourth-order valence-corrected chi connectivity index (χ4v) is 3.43. The van der Waals surface area contributed by atoms with E-state index in [0.29, 0.717) is 31.3 Å². The Kier molecular flexibility index (Phi) is 8.67. The summed E-state index contributed by atoms with van der Waals surface area (Å²) < 4.78 is 7.42. The van der Waals surface area contributed by atoms with Gasteiger partial charge in [-0.05, 0) is 55.5 Å². The molecule has 0 bridgehead atoms. The van der Waals surface area contributed by atoms with E-state index in [9.17, 15) is 4.79 Å². The largest absolute Gasteiger partial charge is 0.494 e. The lowest BCUT2D eigenvalue weighted by atomic mass is 9.87. The molecule has 2 N–H and O–H groups in total. The molecule has 2 aromatic rings. The zero-order valence-corrected chi connectivity index (χ0v) is 19.2. The third-order valence-corrected chi connectivity index (χ3v) is 5.27. The van der Waals surface area contributed by atoms with Crippen LogP contribution in [0.4, 0.5) is 5.95 Å². The molecule has 1 aromatic heterocycles. The zero-order valence-electron chi connectivity index (χ0n) is 18.4. The molecule has 1 saturated heterocycles. The third kappa shape index (κ3) is 6.71. The van der Waals surface area contributed by atoms with Crippen molar-refractivity contribution in [1.82, 2.24) is 20.1 Å². The standard InChI is InChI=1S/C22H33N5O2.ClH/c1-22(2,3)17-7-9-18(10-8-17)29-15-5-6-19(28)24-21-25-20(26-27(21)4)16-11-13-23-14-12-16;/h7-10,16,23H,5-6,11-15H2,1-4H3,(H,24,25,26,28);1H. The van der Waals surface area contributed by atoms with E-state index < -0.39 is 0 Å². The number of aromatic nitrogens is 3. The topological polar surface area (TPSA) is 81.1 Å². The van der Waals surface area contributed by atoms with Gasteiger partial charge in [-0.25, -0.2) is 4.68 Å². The molecule has 1 aromatic carbocycles. The van der Waals surface area contributed by atoms with Crippen molar-refractivity contribution in [2.45, 2.75) is 57.8 Å². The first-order chi connectivity index (χ1) is 13.8. The molecule has 0 spiro atoms. The van der Waals surface area contributed by atoms with Gasteiger partial charge in [0.1, 0.15) is 5.75 Å². The molecule has 0 aliphatic carbocycles. The van der Waals surface area contributed by atoms with E-state index in [1.807, 2.05) is 19.2 Å². The fourth-order valence-electron chi connectivity index (χ4n) is 3.43. The molecule has 1 amide bonds. The minimum absolute atomic E-state index is 0. The molecule has 0 saturated carbocycles. The number of rotatable bonds is 7. The van der Waals surface area contributed by atoms with Crippen molar-refractivity contribution in [3.63, 3.8) is 0 Å². The first-order valence-corrected chi connectivity index (χ1v) is 10.5. The molecule has 166 valence electrons. The molecule has 30 heavy (non-hydrogen) atoms. The number of benzene rings is 1. The van der Waals surface area contributed by atoms with Crippen LogP contribution in [0.1, 0.15) is 63.8 Å². The van der Waals surface area contributed by atoms with Crippen molar-refractivity contribution in [2.75, 3.05) is 25.0 Å². The Morgan fingerprint density at radius 2 is 1.90 bits per heavy atom. The Labute approximate surface area is 185 Å². The maximum atomic E-state index is 12.3. The maximum absolute atomic E-state index is 12.3. The van der Waals surface area contributed by atoms with Gasteiger partial charge >= 0.3 is 0 Å². The van der Waals surface area contributed by atoms with Crippen molar-refractivity contribution in [3.8, 4) is 5.75 Å². The summed E-state index contributed by atoms with van der Waals surface area (Å²) >= 11 is 0. The summed E-state index contributed by atoms with van der Waals surface area (Å²) in [5.74, 6) is 2.47. The van der Waals surface area contributed by atoms with Gasteiger partial charge in [0.15, 0.2) is 5.82 Å². The lowest BCUT2D eigenvalue weighted by Crippen LogP contribution is -2.27. The molecule has 7 nitrogen and oxygen atoms in total. The highest BCUT2D eigenvalue weighted by atomic mass is 35.5. The van der Waals surface area contributed by atoms with Gasteiger partial charge in [-0.1, -0.05) is 32.9 Å². The van der Waals surface area contributed by atoms with Crippen LogP contribution in [-0.2, 0) is 17.3 Å². The number of anilines is 1. The van der Waals surface area contributed by atoms with Crippen LogP contribution in [-0.4, -0.2) is 40.4 Å². The van der Waals surface area contributed by atoms with Gasteiger partial charge in [0.2, 0.25) is 11.9 Å². The average molecular weight is 436 g/mol. The Bertz CT molecular complexity index is 808. The molecule has 2 heterocycles. The molecular formula is C22H34ClN5O2. The lowest BCUT2D eigenvalue weighted by Gasteiger charge is -2.19. The van der Waals surface area contributed by atoms with Crippen molar-refractivity contribution in [3.05, 3.63) is 35.7 Å². The van der Waals surface area contributed by atoms with Crippen LogP contribution in [0.15, 0.2) is 24.3 Å². The molecule has 1 aliphatic heterocycles. The molecular weight excluding hydrogens is 402 g/mol. The van der Waals surface area contributed by atoms with Gasteiger partial charge in [0, 0.05) is 19.4 Å². The second-order valence-corrected chi connectivity index (χ2v) is 8.72. The predicted octanol–water partition coefficient (Wildman–Crippen LogP) is 3.80. The van der Waals surface area contributed by atoms with E-state index in [1.165, 1.54) is 5.56 Å². The van der Waals surface area contributed by atoms with E-state index in [-0.39, 0.29) is 23.7 Å². The summed E-state index contributed by atoms with van der Waals surface area (Å²) in [5, 5.41) is 10.7. The minimum Gasteiger partial charge on any atom is -0.494 e.